The molecule has 2 atom stereocenters. The maximum absolute atomic E-state index is 13.9. The molecular weight excluding hydrogens is 408 g/mol. The van der Waals surface area contributed by atoms with Crippen molar-refractivity contribution in [1.29, 1.82) is 0 Å². The number of rotatable bonds is 5. The van der Waals surface area contributed by atoms with Gasteiger partial charge in [-0.05, 0) is 42.3 Å². The van der Waals surface area contributed by atoms with Crippen LogP contribution < -0.4 is 0 Å². The van der Waals surface area contributed by atoms with Gasteiger partial charge in [0.2, 0.25) is 0 Å². The molecule has 0 bridgehead atoms. The Kier molecular flexibility index (Phi) is 5.56. The van der Waals surface area contributed by atoms with Crippen molar-refractivity contribution >= 4 is 17.2 Å². The number of aryl methyl sites for hydroxylation is 1. The van der Waals surface area contributed by atoms with Gasteiger partial charge < -0.3 is 9.64 Å². The van der Waals surface area contributed by atoms with Gasteiger partial charge in [0, 0.05) is 73.2 Å². The predicted molar refractivity (Wildman–Crippen MR) is 120 cm³/mol. The number of nitrogens with zero attached hydrogens (tertiary/aromatic N) is 4. The van der Waals surface area contributed by atoms with E-state index in [0.29, 0.717) is 26.2 Å². The minimum absolute atomic E-state index is 0.0496. The van der Waals surface area contributed by atoms with Crippen LogP contribution >= 0.6 is 11.3 Å². The highest BCUT2D eigenvalue weighted by molar-refractivity contribution is 7.11. The van der Waals surface area contributed by atoms with E-state index in [9.17, 15) is 4.79 Å². The van der Waals surface area contributed by atoms with Crippen LogP contribution in [0.4, 0.5) is 0 Å². The number of amides is 1. The molecule has 0 N–H and O–H groups in total. The second-order valence-corrected chi connectivity index (χ2v) is 9.72. The van der Waals surface area contributed by atoms with Gasteiger partial charge in [-0.25, -0.2) is 0 Å². The lowest BCUT2D eigenvalue weighted by molar-refractivity contribution is -0.173. The second-order valence-electron chi connectivity index (χ2n) is 8.35. The van der Waals surface area contributed by atoms with Gasteiger partial charge in [-0.3, -0.25) is 19.7 Å². The minimum Gasteiger partial charge on any atom is -0.361 e. The van der Waals surface area contributed by atoms with Crippen LogP contribution in [0, 0.1) is 6.92 Å². The van der Waals surface area contributed by atoms with Crippen LogP contribution in [0.15, 0.2) is 61.2 Å². The average molecular weight is 435 g/mol. The van der Waals surface area contributed by atoms with Gasteiger partial charge in [0.25, 0.3) is 5.91 Å². The lowest BCUT2D eigenvalue weighted by Crippen LogP contribution is -2.59. The fourth-order valence-electron chi connectivity index (χ4n) is 4.77. The molecule has 5 rings (SSSR count). The van der Waals surface area contributed by atoms with Crippen LogP contribution in [0.1, 0.15) is 26.8 Å². The van der Waals surface area contributed by atoms with Gasteiger partial charge in [-0.15, -0.1) is 11.3 Å². The topological polar surface area (TPSA) is 58.6 Å². The van der Waals surface area contributed by atoms with Crippen molar-refractivity contribution in [2.45, 2.75) is 31.5 Å². The smallest absolute Gasteiger partial charge is 0.257 e. The lowest BCUT2D eigenvalue weighted by atomic mass is 9.83. The molecule has 5 heterocycles. The molecule has 6 nitrogen and oxygen atoms in total. The van der Waals surface area contributed by atoms with Gasteiger partial charge >= 0.3 is 0 Å². The summed E-state index contributed by atoms with van der Waals surface area (Å²) in [6, 6.07) is 12.3. The van der Waals surface area contributed by atoms with Gasteiger partial charge in [0.15, 0.2) is 5.60 Å². The Hall–Kier alpha value is -2.61. The molecule has 1 spiro atoms. The average Bonchev–Trinajstić information content (AvgIpc) is 3.37. The van der Waals surface area contributed by atoms with Crippen LogP contribution in [0.2, 0.25) is 0 Å². The molecule has 2 aliphatic heterocycles. The lowest BCUT2D eigenvalue weighted by Gasteiger charge is -2.42. The minimum atomic E-state index is -0.879. The Morgan fingerprint density at radius 3 is 2.68 bits per heavy atom. The van der Waals surface area contributed by atoms with E-state index < -0.39 is 5.60 Å². The molecule has 3 aromatic heterocycles. The van der Waals surface area contributed by atoms with Crippen LogP contribution in [0.5, 0.6) is 0 Å². The van der Waals surface area contributed by atoms with E-state index in [-0.39, 0.29) is 11.8 Å². The number of hydrogen-bond acceptors (Lipinski definition) is 6. The fraction of sp³-hybridized carbons (Fsp3) is 0.375. The molecule has 1 amide bonds. The molecular formula is C24H26N4O2S. The summed E-state index contributed by atoms with van der Waals surface area (Å²) in [4.78, 5) is 29.3. The molecule has 0 radical (unpaired) electrons. The predicted octanol–water partition coefficient (Wildman–Crippen LogP) is 3.24. The second kappa shape index (κ2) is 8.49. The van der Waals surface area contributed by atoms with E-state index in [0.717, 1.165) is 24.2 Å². The number of pyridine rings is 2. The van der Waals surface area contributed by atoms with Crippen molar-refractivity contribution in [3.63, 3.8) is 0 Å². The molecule has 2 saturated heterocycles. The number of carbonyl (C=O) groups excluding carboxylic acids is 1. The SMILES string of the molecule is Cc1ccc(CN2C[C@@H](c3cccnc3)[C@]3(C2)OCCN(Cc2cccnc2)C3=O)s1. The number of likely N-dealkylation sites (tertiary alicyclic amines) is 1. The summed E-state index contributed by atoms with van der Waals surface area (Å²) < 4.78 is 6.37. The largest absolute Gasteiger partial charge is 0.361 e. The molecule has 160 valence electrons. The van der Waals surface area contributed by atoms with Gasteiger partial charge in [-0.2, -0.15) is 0 Å². The van der Waals surface area contributed by atoms with Crippen molar-refractivity contribution in [3.05, 3.63) is 82.1 Å². The summed E-state index contributed by atoms with van der Waals surface area (Å²) in [5, 5.41) is 0. The Morgan fingerprint density at radius 2 is 1.97 bits per heavy atom. The summed E-state index contributed by atoms with van der Waals surface area (Å²) in [5.74, 6) is 0.0211. The van der Waals surface area contributed by atoms with E-state index in [2.05, 4.69) is 40.0 Å². The Balaban J connectivity index is 1.44. The number of ether oxygens (including phenoxy) is 1. The number of aromatic nitrogens is 2. The molecule has 0 aromatic carbocycles. The van der Waals surface area contributed by atoms with Crippen molar-refractivity contribution < 1.29 is 9.53 Å². The third kappa shape index (κ3) is 4.01. The maximum atomic E-state index is 13.9. The van der Waals surface area contributed by atoms with Gasteiger partial charge in [0.05, 0.1) is 6.61 Å². The summed E-state index contributed by atoms with van der Waals surface area (Å²) in [6.07, 6.45) is 7.23. The fourth-order valence-corrected chi connectivity index (χ4v) is 5.71. The van der Waals surface area contributed by atoms with E-state index in [1.165, 1.54) is 9.75 Å². The van der Waals surface area contributed by atoms with Crippen LogP contribution in [0.25, 0.3) is 0 Å². The first-order chi connectivity index (χ1) is 15.1. The summed E-state index contributed by atoms with van der Waals surface area (Å²) >= 11 is 1.81. The first-order valence-corrected chi connectivity index (χ1v) is 11.5. The summed E-state index contributed by atoms with van der Waals surface area (Å²) in [6.45, 7) is 6.01. The van der Waals surface area contributed by atoms with Crippen molar-refractivity contribution in [1.82, 2.24) is 19.8 Å². The van der Waals surface area contributed by atoms with E-state index in [1.54, 1.807) is 12.4 Å². The molecule has 7 heteroatoms. The van der Waals surface area contributed by atoms with Crippen LogP contribution in [-0.2, 0) is 22.6 Å². The molecule has 0 saturated carbocycles. The molecule has 0 aliphatic carbocycles. The molecule has 0 unspecified atom stereocenters. The first-order valence-electron chi connectivity index (χ1n) is 10.6. The zero-order chi connectivity index (χ0) is 21.3. The highest BCUT2D eigenvalue weighted by Crippen LogP contribution is 2.42. The molecule has 2 aliphatic rings. The van der Waals surface area contributed by atoms with Crippen LogP contribution in [0.3, 0.4) is 0 Å². The third-order valence-electron chi connectivity index (χ3n) is 6.19. The van der Waals surface area contributed by atoms with Crippen molar-refractivity contribution in [2.24, 2.45) is 0 Å². The van der Waals surface area contributed by atoms with Crippen molar-refractivity contribution in [2.75, 3.05) is 26.2 Å². The standard InChI is InChI=1S/C24H26N4O2S/c1-18-6-7-21(31-18)15-27-16-22(20-5-3-9-26-13-20)24(17-27)23(29)28(10-11-30-24)14-19-4-2-8-25-12-19/h2-9,12-13,22H,10-11,14-17H2,1H3/t22-,24-/m0/s1. The molecule has 31 heavy (non-hydrogen) atoms. The number of carbonyl (C=O) groups is 1. The number of hydrogen-bond donors (Lipinski definition) is 0. The number of morpholine rings is 1. The number of thiophene rings is 1. The zero-order valence-electron chi connectivity index (χ0n) is 17.6. The highest BCUT2D eigenvalue weighted by Gasteiger charge is 2.57. The van der Waals surface area contributed by atoms with Crippen LogP contribution in [-0.4, -0.2) is 57.5 Å². The normalized spacial score (nSPS) is 24.2. The first kappa shape index (κ1) is 20.3. The Labute approximate surface area is 186 Å². The highest BCUT2D eigenvalue weighted by atomic mass is 32.1. The zero-order valence-corrected chi connectivity index (χ0v) is 18.4. The third-order valence-corrected chi connectivity index (χ3v) is 7.18. The van der Waals surface area contributed by atoms with E-state index in [1.807, 2.05) is 46.8 Å². The van der Waals surface area contributed by atoms with E-state index in [4.69, 9.17) is 4.74 Å². The Morgan fingerprint density at radius 1 is 1.13 bits per heavy atom. The summed E-state index contributed by atoms with van der Waals surface area (Å²) in [7, 11) is 0. The van der Waals surface area contributed by atoms with Gasteiger partial charge in [0.1, 0.15) is 0 Å². The molecule has 3 aromatic rings. The quantitative estimate of drug-likeness (QED) is 0.617. The van der Waals surface area contributed by atoms with Gasteiger partial charge in [-0.1, -0.05) is 12.1 Å². The summed E-state index contributed by atoms with van der Waals surface area (Å²) in [5.41, 5.74) is 1.22. The monoisotopic (exact) mass is 434 g/mol. The maximum Gasteiger partial charge on any atom is 0.257 e. The Bertz CT molecular complexity index is 1040. The van der Waals surface area contributed by atoms with E-state index >= 15 is 0 Å². The molecule has 2 fully saturated rings. The van der Waals surface area contributed by atoms with Crippen molar-refractivity contribution in [3.8, 4) is 0 Å².